The minimum atomic E-state index is -1.44. The fourth-order valence-electron chi connectivity index (χ4n) is 5.92. The second kappa shape index (κ2) is 9.21. The Kier molecular flexibility index (Phi) is 6.31. The van der Waals surface area contributed by atoms with Gasteiger partial charge in [-0.25, -0.2) is 18.6 Å². The van der Waals surface area contributed by atoms with E-state index in [9.17, 15) is 9.18 Å². The lowest BCUT2D eigenvalue weighted by Crippen LogP contribution is -2.61. The molecule has 2 aromatic heterocycles. The summed E-state index contributed by atoms with van der Waals surface area (Å²) >= 11 is 0. The van der Waals surface area contributed by atoms with Gasteiger partial charge in [0.25, 0.3) is 0 Å². The number of hydrogen-bond acceptors (Lipinski definition) is 6. The number of fused-ring (bicyclic) bond motifs is 1. The van der Waals surface area contributed by atoms with Gasteiger partial charge in [-0.3, -0.25) is 10.00 Å². The van der Waals surface area contributed by atoms with Crippen LogP contribution in [-0.4, -0.2) is 49.5 Å². The number of benzene rings is 1. The van der Waals surface area contributed by atoms with E-state index in [1.807, 2.05) is 26.8 Å². The summed E-state index contributed by atoms with van der Waals surface area (Å²) in [6.07, 6.45) is 0.162. The van der Waals surface area contributed by atoms with E-state index in [0.29, 0.717) is 19.5 Å². The number of carbonyl (C=O) groups excluding carboxylic acids is 1. The molecule has 1 aromatic carbocycles. The Balaban J connectivity index is 1.46. The van der Waals surface area contributed by atoms with Crippen LogP contribution in [0.4, 0.5) is 13.6 Å². The summed E-state index contributed by atoms with van der Waals surface area (Å²) in [7, 11) is 0. The number of aromatic amines is 1. The molecule has 37 heavy (non-hydrogen) atoms. The number of nitrogens with zero attached hydrogens (tertiary/aromatic N) is 4. The minimum absolute atomic E-state index is 0.0112. The summed E-state index contributed by atoms with van der Waals surface area (Å²) in [6.45, 7) is 9.78. The maximum Gasteiger partial charge on any atom is 0.404 e. The molecule has 4 heterocycles. The van der Waals surface area contributed by atoms with Gasteiger partial charge in [0.15, 0.2) is 5.82 Å². The molecule has 198 valence electrons. The van der Waals surface area contributed by atoms with Crippen LogP contribution in [0.5, 0.6) is 0 Å². The summed E-state index contributed by atoms with van der Waals surface area (Å²) in [5.74, 6) is -0.418. The van der Waals surface area contributed by atoms with E-state index in [2.05, 4.69) is 26.6 Å². The number of ether oxygens (including phenoxy) is 2. The molecule has 0 spiro atoms. The highest BCUT2D eigenvalue weighted by Gasteiger charge is 2.58. The number of amides is 1. The zero-order valence-corrected chi connectivity index (χ0v) is 21.4. The highest BCUT2D eigenvalue weighted by atomic mass is 19.1. The first kappa shape index (κ1) is 25.3. The first-order valence-corrected chi connectivity index (χ1v) is 12.4. The van der Waals surface area contributed by atoms with Crippen molar-refractivity contribution in [2.45, 2.75) is 71.5 Å². The number of H-pyrrole nitrogens is 1. The van der Waals surface area contributed by atoms with E-state index in [0.717, 1.165) is 47.7 Å². The van der Waals surface area contributed by atoms with Gasteiger partial charge in [-0.1, -0.05) is 20.8 Å². The van der Waals surface area contributed by atoms with Crippen molar-refractivity contribution in [2.24, 2.45) is 11.1 Å². The number of imidazole rings is 1. The molecule has 11 heteroatoms. The molecule has 3 N–H and O–H groups in total. The molecule has 9 nitrogen and oxygen atoms in total. The van der Waals surface area contributed by atoms with Gasteiger partial charge >= 0.3 is 6.09 Å². The predicted octanol–water partition coefficient (Wildman–Crippen LogP) is 4.08. The summed E-state index contributed by atoms with van der Waals surface area (Å²) in [6, 6.07) is 4.97. The molecule has 3 aromatic rings. The molecule has 0 saturated carbocycles. The fraction of sp³-hybridized carbons (Fsp3) is 0.500. The molecule has 1 fully saturated rings. The zero-order valence-electron chi connectivity index (χ0n) is 21.4. The van der Waals surface area contributed by atoms with Crippen LogP contribution >= 0.6 is 0 Å². The van der Waals surface area contributed by atoms with Crippen LogP contribution in [0.1, 0.15) is 51.1 Å². The predicted molar refractivity (Wildman–Crippen MR) is 131 cm³/mol. The fourth-order valence-corrected chi connectivity index (χ4v) is 5.92. The number of nitrogens with two attached hydrogens (primary N) is 1. The Labute approximate surface area is 213 Å². The lowest BCUT2D eigenvalue weighted by Gasteiger charge is -2.53. The van der Waals surface area contributed by atoms with Crippen LogP contribution in [0, 0.1) is 17.0 Å². The molecular formula is C26H32F2N6O3. The summed E-state index contributed by atoms with van der Waals surface area (Å²) in [5, 5.41) is 7.11. The molecule has 1 amide bonds. The molecule has 0 unspecified atom stereocenters. The van der Waals surface area contributed by atoms with E-state index in [4.69, 9.17) is 20.2 Å². The Morgan fingerprint density at radius 1 is 1.30 bits per heavy atom. The Morgan fingerprint density at radius 3 is 2.73 bits per heavy atom. The van der Waals surface area contributed by atoms with Crippen LogP contribution in [0.2, 0.25) is 0 Å². The second-order valence-corrected chi connectivity index (χ2v) is 10.7. The topological polar surface area (TPSA) is 111 Å². The molecule has 3 atom stereocenters. The van der Waals surface area contributed by atoms with Gasteiger partial charge in [-0.2, -0.15) is 5.10 Å². The molecule has 5 rings (SSSR count). The Morgan fingerprint density at radius 2 is 2.08 bits per heavy atom. The number of primary amides is 1. The van der Waals surface area contributed by atoms with Crippen molar-refractivity contribution in [3.05, 3.63) is 59.0 Å². The molecular weight excluding hydrogens is 482 g/mol. The number of aromatic nitrogens is 4. The van der Waals surface area contributed by atoms with E-state index < -0.39 is 34.8 Å². The normalized spacial score (nSPS) is 24.3. The third kappa shape index (κ3) is 4.19. The van der Waals surface area contributed by atoms with Gasteiger partial charge in [0, 0.05) is 43.9 Å². The maximum atomic E-state index is 15.2. The van der Waals surface area contributed by atoms with Crippen LogP contribution < -0.4 is 5.73 Å². The standard InChI is InChI=1S/C26H32F2N6O3/c1-5-34-21-13-33(12-20(21)31-23(34)19-8-9-30-32-19)16-11-22(37-24(29)35)26(36-14-16,25(2,3)4)17-10-15(27)6-7-18(17)28/h6-10,16,22H,5,11-14H2,1-4H3,(H2,29,35)(H,30,32)/t16-,22+,26-/m1/s1. The van der Waals surface area contributed by atoms with E-state index in [-0.39, 0.29) is 18.2 Å². The van der Waals surface area contributed by atoms with E-state index in [1.54, 1.807) is 6.20 Å². The first-order valence-electron chi connectivity index (χ1n) is 12.4. The van der Waals surface area contributed by atoms with Crippen molar-refractivity contribution >= 4 is 6.09 Å². The molecule has 1 saturated heterocycles. The number of rotatable bonds is 5. The van der Waals surface area contributed by atoms with Crippen LogP contribution in [-0.2, 0) is 34.7 Å². The molecule has 2 aliphatic heterocycles. The minimum Gasteiger partial charge on any atom is -0.443 e. The van der Waals surface area contributed by atoms with Gasteiger partial charge in [0.2, 0.25) is 0 Å². The maximum absolute atomic E-state index is 15.2. The average Bonchev–Trinajstić information content (AvgIpc) is 3.55. The first-order chi connectivity index (χ1) is 17.5. The van der Waals surface area contributed by atoms with Crippen molar-refractivity contribution in [3.8, 4) is 11.5 Å². The van der Waals surface area contributed by atoms with Gasteiger partial charge in [0.1, 0.15) is 29.0 Å². The second-order valence-electron chi connectivity index (χ2n) is 10.7. The van der Waals surface area contributed by atoms with E-state index in [1.165, 1.54) is 0 Å². The highest BCUT2D eigenvalue weighted by Crippen LogP contribution is 2.51. The Bertz CT molecular complexity index is 1300. The molecule has 0 aliphatic carbocycles. The van der Waals surface area contributed by atoms with Gasteiger partial charge in [-0.15, -0.1) is 0 Å². The van der Waals surface area contributed by atoms with Crippen molar-refractivity contribution in [1.82, 2.24) is 24.6 Å². The number of nitrogens with one attached hydrogen (secondary N) is 1. The van der Waals surface area contributed by atoms with Crippen molar-refractivity contribution in [1.29, 1.82) is 0 Å². The Hall–Kier alpha value is -3.31. The molecule has 0 radical (unpaired) electrons. The molecule has 2 aliphatic rings. The number of carbonyl (C=O) groups is 1. The lowest BCUT2D eigenvalue weighted by atomic mass is 9.66. The SMILES string of the molecule is CCn1c(-c2cc[nH]n2)nc2c1CN([C@H]1CO[C@@](c3cc(F)ccc3F)(C(C)(C)C)[C@@H](OC(N)=O)C1)C2. The average molecular weight is 515 g/mol. The van der Waals surface area contributed by atoms with Gasteiger partial charge < -0.3 is 19.8 Å². The summed E-state index contributed by atoms with van der Waals surface area (Å²) < 4.78 is 43.7. The van der Waals surface area contributed by atoms with Crippen molar-refractivity contribution < 1.29 is 23.0 Å². The smallest absolute Gasteiger partial charge is 0.404 e. The highest BCUT2D eigenvalue weighted by molar-refractivity contribution is 5.65. The third-order valence-corrected chi connectivity index (χ3v) is 7.57. The van der Waals surface area contributed by atoms with Crippen LogP contribution in [0.15, 0.2) is 30.5 Å². The summed E-state index contributed by atoms with van der Waals surface area (Å²) in [4.78, 5) is 19.1. The van der Waals surface area contributed by atoms with Crippen LogP contribution in [0.3, 0.4) is 0 Å². The summed E-state index contributed by atoms with van der Waals surface area (Å²) in [5.41, 5.74) is 6.10. The monoisotopic (exact) mass is 514 g/mol. The quantitative estimate of drug-likeness (QED) is 0.531. The van der Waals surface area contributed by atoms with Crippen LogP contribution in [0.25, 0.3) is 11.5 Å². The van der Waals surface area contributed by atoms with Gasteiger partial charge in [-0.05, 0) is 36.6 Å². The number of hydrogen-bond donors (Lipinski definition) is 2. The van der Waals surface area contributed by atoms with Crippen molar-refractivity contribution in [2.75, 3.05) is 6.61 Å². The largest absolute Gasteiger partial charge is 0.443 e. The van der Waals surface area contributed by atoms with E-state index >= 15 is 4.39 Å². The number of halogens is 2. The molecule has 0 bridgehead atoms. The lowest BCUT2D eigenvalue weighted by molar-refractivity contribution is -0.231. The van der Waals surface area contributed by atoms with Crippen molar-refractivity contribution in [3.63, 3.8) is 0 Å². The third-order valence-electron chi connectivity index (χ3n) is 7.57. The zero-order chi connectivity index (χ0) is 26.5. The van der Waals surface area contributed by atoms with Gasteiger partial charge in [0.05, 0.1) is 18.0 Å².